The highest BCUT2D eigenvalue weighted by atomic mass is 31.2. The average molecular weight is 518 g/mol. The number of nitrogens with one attached hydrogen (secondary N) is 1. The highest BCUT2D eigenvalue weighted by molar-refractivity contribution is 7.47. The third kappa shape index (κ3) is 22.9. The van der Waals surface area contributed by atoms with Gasteiger partial charge in [0.25, 0.3) is 0 Å². The van der Waals surface area contributed by atoms with Crippen LogP contribution in [0.25, 0.3) is 0 Å². The first-order chi connectivity index (χ1) is 15.1. The van der Waals surface area contributed by atoms with Gasteiger partial charge >= 0.3 is 13.8 Å². The van der Waals surface area contributed by atoms with E-state index in [1.54, 1.807) is 13.8 Å². The first kappa shape index (κ1) is 34.6. The first-order valence-corrected chi connectivity index (χ1v) is 13.5. The summed E-state index contributed by atoms with van der Waals surface area (Å²) in [6, 6.07) is -1.44. The third-order valence-electron chi connectivity index (χ3n) is 3.47. The Morgan fingerprint density at radius 1 is 0.848 bits per heavy atom. The molecule has 10 nitrogen and oxygen atoms in total. The maximum Gasteiger partial charge on any atom is 0.472 e. The van der Waals surface area contributed by atoms with E-state index in [2.05, 4.69) is 33.0 Å². The van der Waals surface area contributed by atoms with Crippen LogP contribution in [0.4, 0.5) is 0 Å². The fourth-order valence-electron chi connectivity index (χ4n) is 1.97. The van der Waals surface area contributed by atoms with Gasteiger partial charge in [-0.3, -0.25) is 13.8 Å². The Morgan fingerprint density at radius 3 is 1.67 bits per heavy atom. The van der Waals surface area contributed by atoms with Gasteiger partial charge in [-0.05, 0) is 30.6 Å². The van der Waals surface area contributed by atoms with E-state index in [1.807, 2.05) is 13.8 Å². The second-order valence-corrected chi connectivity index (χ2v) is 11.6. The first-order valence-electron chi connectivity index (χ1n) is 11.2. The van der Waals surface area contributed by atoms with Crippen LogP contribution in [0.15, 0.2) is 0 Å². The molecule has 0 radical (unpaired) electrons. The average Bonchev–Trinajstić information content (AvgIpc) is 2.63. The van der Waals surface area contributed by atoms with Gasteiger partial charge in [-0.2, -0.15) is 0 Å². The number of carbonyl (C=O) groups excluding carboxylic acids is 1. The van der Waals surface area contributed by atoms with Crippen LogP contribution in [0.3, 0.4) is 0 Å². The summed E-state index contributed by atoms with van der Waals surface area (Å²) in [5.41, 5.74) is 0. The number of carbonyl (C=O) groups is 2. The van der Waals surface area contributed by atoms with Gasteiger partial charge in [0, 0.05) is 6.42 Å². The van der Waals surface area contributed by atoms with Crippen molar-refractivity contribution < 1.29 is 42.2 Å². The maximum absolute atomic E-state index is 11.7. The minimum atomic E-state index is -4.38. The van der Waals surface area contributed by atoms with Crippen molar-refractivity contribution in [3.8, 4) is 0 Å². The molecule has 1 amide bonds. The van der Waals surface area contributed by atoms with Crippen molar-refractivity contribution in [3.63, 3.8) is 0 Å². The molecule has 0 bridgehead atoms. The summed E-state index contributed by atoms with van der Waals surface area (Å²) in [5, 5.41) is 11.4. The van der Waals surface area contributed by atoms with Crippen molar-refractivity contribution in [2.75, 3.05) is 19.8 Å². The Kier molecular flexibility index (Phi) is 19.6. The molecule has 3 unspecified atom stereocenters. The second kappa shape index (κ2) is 18.7. The van der Waals surface area contributed by atoms with Gasteiger partial charge in [-0.1, -0.05) is 55.4 Å². The highest BCUT2D eigenvalue weighted by Gasteiger charge is 2.34. The lowest BCUT2D eigenvalue weighted by atomic mass is 10.1. The number of hydrogen-bond acceptors (Lipinski definition) is 7. The predicted octanol–water partition coefficient (Wildman–Crippen LogP) is 4.62. The number of carboxylic acid groups (broad SMARTS) is 1. The van der Waals surface area contributed by atoms with Gasteiger partial charge < -0.3 is 24.4 Å². The normalized spacial score (nSPS) is 15.2. The van der Waals surface area contributed by atoms with Crippen LogP contribution in [-0.4, -0.2) is 53.8 Å². The lowest BCUT2D eigenvalue weighted by Crippen LogP contribution is -2.48. The van der Waals surface area contributed by atoms with E-state index in [-0.39, 0.29) is 33.9 Å². The zero-order valence-electron chi connectivity index (χ0n) is 21.5. The van der Waals surface area contributed by atoms with Crippen molar-refractivity contribution in [3.05, 3.63) is 0 Å². The molecule has 198 valence electrons. The van der Waals surface area contributed by atoms with Crippen molar-refractivity contribution >= 4 is 28.7 Å². The van der Waals surface area contributed by atoms with Gasteiger partial charge in [0.1, 0.15) is 0 Å². The summed E-state index contributed by atoms with van der Waals surface area (Å²) in [5.74, 6) is -0.540. The molecule has 0 saturated heterocycles. The van der Waals surface area contributed by atoms with Gasteiger partial charge in [0.05, 0.1) is 25.9 Å². The van der Waals surface area contributed by atoms with Crippen molar-refractivity contribution in [1.82, 2.24) is 5.32 Å². The molecule has 3 N–H and O–H groups in total. The van der Waals surface area contributed by atoms with Crippen LogP contribution in [0.1, 0.15) is 68.7 Å². The topological polar surface area (TPSA) is 141 Å². The molecule has 3 atom stereocenters. The van der Waals surface area contributed by atoms with E-state index in [1.165, 1.54) is 6.92 Å². The molecule has 0 aliphatic carbocycles. The molecule has 0 rings (SSSR count). The van der Waals surface area contributed by atoms with Crippen molar-refractivity contribution in [2.45, 2.75) is 80.9 Å². The van der Waals surface area contributed by atoms with Crippen LogP contribution >= 0.6 is 16.9 Å². The molecule has 12 heteroatoms. The van der Waals surface area contributed by atoms with Crippen molar-refractivity contribution in [1.29, 1.82) is 0 Å². The Morgan fingerprint density at radius 2 is 1.30 bits per heavy atom. The number of hydrogen-bond donors (Lipinski definition) is 3. The van der Waals surface area contributed by atoms with Crippen LogP contribution < -0.4 is 5.32 Å². The quantitative estimate of drug-likeness (QED) is 0.198. The smallest absolute Gasteiger partial charge is 0.472 e. The van der Waals surface area contributed by atoms with Crippen LogP contribution in [-0.2, 0) is 32.2 Å². The lowest BCUT2D eigenvalue weighted by molar-refractivity contribution is -0.144. The summed E-state index contributed by atoms with van der Waals surface area (Å²) < 4.78 is 31.8. The molecule has 0 heterocycles. The minimum absolute atomic E-state index is 0.00204. The second-order valence-electron chi connectivity index (χ2n) is 9.44. The summed E-state index contributed by atoms with van der Waals surface area (Å²) in [4.78, 5) is 32.4. The molecule has 0 aromatic heterocycles. The zero-order valence-corrected chi connectivity index (χ0v) is 23.4. The largest absolute Gasteiger partial charge is 0.480 e. The van der Waals surface area contributed by atoms with Gasteiger partial charge in [-0.15, -0.1) is 0 Å². The van der Waals surface area contributed by atoms with E-state index in [0.717, 1.165) is 13.2 Å². The molecule has 0 aliphatic rings. The Balaban J connectivity index is 0. The number of carboxylic acids is 1. The molecule has 0 spiro atoms. The molecule has 0 saturated carbocycles. The number of phosphoric ester groups is 1. The molecule has 0 aromatic carbocycles. The number of amides is 1. The fraction of sp³-hybridized carbons (Fsp3) is 0.905. The highest BCUT2D eigenvalue weighted by Crippen LogP contribution is 2.45. The Labute approximate surface area is 201 Å². The fourth-order valence-corrected chi connectivity index (χ4v) is 3.95. The van der Waals surface area contributed by atoms with E-state index in [4.69, 9.17) is 23.2 Å². The van der Waals surface area contributed by atoms with Gasteiger partial charge in [0.15, 0.2) is 15.1 Å². The third-order valence-corrected chi connectivity index (χ3v) is 5.11. The number of rotatable bonds is 16. The van der Waals surface area contributed by atoms with E-state index >= 15 is 0 Å². The SMILES string of the molecule is CC(C)COP(=O)(O)OC(C)C(NC(=O)CC(C)C)C(=O)O.CC(C)COPOCC(C)C. The van der Waals surface area contributed by atoms with Crippen LogP contribution in [0, 0.1) is 23.7 Å². The van der Waals surface area contributed by atoms with Crippen LogP contribution in [0.2, 0.25) is 0 Å². The lowest BCUT2D eigenvalue weighted by Gasteiger charge is -2.24. The summed E-state index contributed by atoms with van der Waals surface area (Å²) in [6.07, 6.45) is -1.08. The van der Waals surface area contributed by atoms with E-state index in [9.17, 15) is 19.0 Å². The predicted molar refractivity (Wildman–Crippen MR) is 130 cm³/mol. The minimum Gasteiger partial charge on any atom is -0.480 e. The summed E-state index contributed by atoms with van der Waals surface area (Å²) >= 11 is 0. The zero-order chi connectivity index (χ0) is 26.2. The van der Waals surface area contributed by atoms with Gasteiger partial charge in [-0.25, -0.2) is 9.36 Å². The molecule has 33 heavy (non-hydrogen) atoms. The van der Waals surface area contributed by atoms with Crippen molar-refractivity contribution in [2.24, 2.45) is 23.7 Å². The standard InChI is InChI=1S/C13H26NO7P.C8H19O2P/c1-8(2)6-11(15)14-12(13(16)17)10(5)21-22(18,19)20-7-9(3)4;1-7(2)5-9-11-10-6-8(3)4/h8-10,12H,6-7H2,1-5H3,(H,14,15)(H,16,17)(H,18,19);7-8,11H,5-6H2,1-4H3. The summed E-state index contributed by atoms with van der Waals surface area (Å²) in [6.45, 7) is 18.6. The van der Waals surface area contributed by atoms with Gasteiger partial charge in [0.2, 0.25) is 5.91 Å². The van der Waals surface area contributed by atoms with Crippen LogP contribution in [0.5, 0.6) is 0 Å². The molecule has 0 aliphatic heterocycles. The molecular formula is C21H45NO9P2. The maximum atomic E-state index is 11.7. The van der Waals surface area contributed by atoms with E-state index in [0.29, 0.717) is 11.8 Å². The number of aliphatic carboxylic acids is 1. The van der Waals surface area contributed by atoms with E-state index < -0.39 is 31.8 Å². The monoisotopic (exact) mass is 517 g/mol. The summed E-state index contributed by atoms with van der Waals surface area (Å²) in [7, 11) is -4.16. The number of phosphoric acid groups is 1. The molecular weight excluding hydrogens is 472 g/mol. The Bertz CT molecular complexity index is 576. The molecule has 0 aromatic rings. The Hall–Kier alpha value is -0.600. The molecule has 0 fully saturated rings.